The van der Waals surface area contributed by atoms with Crippen molar-refractivity contribution in [2.24, 2.45) is 5.41 Å². The summed E-state index contributed by atoms with van der Waals surface area (Å²) in [6.45, 7) is 5.90. The van der Waals surface area contributed by atoms with Gasteiger partial charge in [-0.1, -0.05) is 30.3 Å². The van der Waals surface area contributed by atoms with Crippen LogP contribution in [0.3, 0.4) is 0 Å². The first kappa shape index (κ1) is 18.0. The molecule has 0 aliphatic carbocycles. The number of carbonyl (C=O) groups excluding carboxylic acids is 1. The van der Waals surface area contributed by atoms with Crippen molar-refractivity contribution in [1.82, 2.24) is 15.1 Å². The number of likely N-dealkylation sites (tertiary alicyclic amines) is 2. The van der Waals surface area contributed by atoms with Crippen molar-refractivity contribution >= 4 is 5.91 Å². The number of aliphatic hydroxyl groups is 1. The molecule has 1 atom stereocenters. The van der Waals surface area contributed by atoms with Gasteiger partial charge in [0.2, 0.25) is 5.91 Å². The molecule has 0 saturated carbocycles. The summed E-state index contributed by atoms with van der Waals surface area (Å²) in [6, 6.07) is 10.3. The van der Waals surface area contributed by atoms with Crippen LogP contribution in [0, 0.1) is 5.41 Å². The minimum atomic E-state index is -0.595. The highest BCUT2D eigenvalue weighted by atomic mass is 16.3. The summed E-state index contributed by atoms with van der Waals surface area (Å²) in [4.78, 5) is 17.5. The van der Waals surface area contributed by atoms with Crippen LogP contribution in [0.4, 0.5) is 0 Å². The van der Waals surface area contributed by atoms with Crippen molar-refractivity contribution in [3.8, 4) is 0 Å². The van der Waals surface area contributed by atoms with Gasteiger partial charge in [0, 0.05) is 26.2 Å². The van der Waals surface area contributed by atoms with Gasteiger partial charge in [-0.15, -0.1) is 0 Å². The molecule has 142 valence electrons. The van der Waals surface area contributed by atoms with Crippen LogP contribution in [0.5, 0.6) is 0 Å². The lowest BCUT2D eigenvalue weighted by molar-refractivity contribution is -0.139. The largest absolute Gasteiger partial charge is 0.387 e. The molecule has 3 fully saturated rings. The zero-order valence-electron chi connectivity index (χ0n) is 15.6. The average Bonchev–Trinajstić information content (AvgIpc) is 2.95. The molecule has 3 aliphatic heterocycles. The van der Waals surface area contributed by atoms with Gasteiger partial charge >= 0.3 is 0 Å². The quantitative estimate of drug-likeness (QED) is 0.860. The lowest BCUT2D eigenvalue weighted by Crippen LogP contribution is -2.55. The lowest BCUT2D eigenvalue weighted by atomic mass is 9.76. The molecule has 0 radical (unpaired) electrons. The number of amides is 1. The number of hydrogen-bond acceptors (Lipinski definition) is 4. The number of piperidine rings is 2. The highest BCUT2D eigenvalue weighted by Crippen LogP contribution is 2.42. The SMILES string of the molecule is O=C1N(Cc2ccccc2)CCC12CCN(CC1(O)CCCNC1)CC2. The maximum Gasteiger partial charge on any atom is 0.229 e. The van der Waals surface area contributed by atoms with Crippen LogP contribution in [0.25, 0.3) is 0 Å². The summed E-state index contributed by atoms with van der Waals surface area (Å²) in [5.41, 5.74) is 0.461. The van der Waals surface area contributed by atoms with E-state index in [1.807, 2.05) is 23.1 Å². The molecule has 2 N–H and O–H groups in total. The maximum absolute atomic E-state index is 13.1. The van der Waals surface area contributed by atoms with E-state index in [2.05, 4.69) is 22.3 Å². The van der Waals surface area contributed by atoms with Crippen LogP contribution in [0.15, 0.2) is 30.3 Å². The number of carbonyl (C=O) groups is 1. The van der Waals surface area contributed by atoms with Gasteiger partial charge in [-0.3, -0.25) is 4.79 Å². The van der Waals surface area contributed by atoms with Gasteiger partial charge in [-0.25, -0.2) is 0 Å². The van der Waals surface area contributed by atoms with Gasteiger partial charge in [0.1, 0.15) is 0 Å². The van der Waals surface area contributed by atoms with Crippen molar-refractivity contribution in [3.05, 3.63) is 35.9 Å². The summed E-state index contributed by atoms with van der Waals surface area (Å²) < 4.78 is 0. The van der Waals surface area contributed by atoms with Crippen molar-refractivity contribution in [2.45, 2.75) is 44.2 Å². The van der Waals surface area contributed by atoms with Gasteiger partial charge in [0.05, 0.1) is 11.0 Å². The van der Waals surface area contributed by atoms with Crippen LogP contribution in [0.2, 0.25) is 0 Å². The molecule has 0 bridgehead atoms. The molecule has 3 aliphatic rings. The summed E-state index contributed by atoms with van der Waals surface area (Å²) >= 11 is 0. The predicted molar refractivity (Wildman–Crippen MR) is 102 cm³/mol. The van der Waals surface area contributed by atoms with Crippen molar-refractivity contribution in [1.29, 1.82) is 0 Å². The average molecular weight is 357 g/mol. The van der Waals surface area contributed by atoms with Crippen LogP contribution in [-0.4, -0.2) is 65.7 Å². The zero-order chi connectivity index (χ0) is 18.0. The Morgan fingerprint density at radius 2 is 1.77 bits per heavy atom. The van der Waals surface area contributed by atoms with Gasteiger partial charge in [-0.2, -0.15) is 0 Å². The first-order valence-corrected chi connectivity index (χ1v) is 10.1. The number of β-amino-alcohol motifs (C(OH)–C–C–N with tert-alkyl or cyclic N) is 1. The number of hydrogen-bond donors (Lipinski definition) is 2. The molecular weight excluding hydrogens is 326 g/mol. The molecule has 0 aromatic heterocycles. The van der Waals surface area contributed by atoms with E-state index >= 15 is 0 Å². The molecule has 26 heavy (non-hydrogen) atoms. The zero-order valence-corrected chi connectivity index (χ0v) is 15.6. The third kappa shape index (κ3) is 3.66. The summed E-state index contributed by atoms with van der Waals surface area (Å²) in [5.74, 6) is 0.346. The molecule has 4 rings (SSSR count). The van der Waals surface area contributed by atoms with E-state index < -0.39 is 5.60 Å². The normalized spacial score (nSPS) is 29.4. The monoisotopic (exact) mass is 357 g/mol. The molecule has 3 heterocycles. The van der Waals surface area contributed by atoms with E-state index in [-0.39, 0.29) is 5.41 Å². The summed E-state index contributed by atoms with van der Waals surface area (Å²) in [5, 5.41) is 14.1. The molecule has 1 aromatic carbocycles. The number of nitrogens with one attached hydrogen (secondary N) is 1. The van der Waals surface area contributed by atoms with E-state index in [0.29, 0.717) is 12.5 Å². The van der Waals surface area contributed by atoms with E-state index in [1.54, 1.807) is 0 Å². The van der Waals surface area contributed by atoms with Crippen molar-refractivity contribution < 1.29 is 9.90 Å². The van der Waals surface area contributed by atoms with Crippen LogP contribution in [0.1, 0.15) is 37.7 Å². The highest BCUT2D eigenvalue weighted by Gasteiger charge is 2.48. The Morgan fingerprint density at radius 1 is 1.04 bits per heavy atom. The Hall–Kier alpha value is -1.43. The molecule has 1 aromatic rings. The van der Waals surface area contributed by atoms with Gasteiger partial charge in [0.15, 0.2) is 0 Å². The van der Waals surface area contributed by atoms with Crippen LogP contribution in [-0.2, 0) is 11.3 Å². The van der Waals surface area contributed by atoms with Crippen LogP contribution < -0.4 is 5.32 Å². The second kappa shape index (κ2) is 7.29. The molecular formula is C21H31N3O2. The molecule has 5 heteroatoms. The fourth-order valence-corrected chi connectivity index (χ4v) is 4.95. The Labute approximate surface area is 156 Å². The second-order valence-electron chi connectivity index (χ2n) is 8.52. The van der Waals surface area contributed by atoms with Crippen molar-refractivity contribution in [3.63, 3.8) is 0 Å². The summed E-state index contributed by atoms with van der Waals surface area (Å²) in [7, 11) is 0. The number of benzene rings is 1. The minimum Gasteiger partial charge on any atom is -0.387 e. The molecule has 3 saturated heterocycles. The van der Waals surface area contributed by atoms with Gasteiger partial charge in [0.25, 0.3) is 0 Å². The lowest BCUT2D eigenvalue weighted by Gasteiger charge is -2.42. The Bertz CT molecular complexity index is 619. The Morgan fingerprint density at radius 3 is 2.46 bits per heavy atom. The molecule has 5 nitrogen and oxygen atoms in total. The molecule has 1 spiro atoms. The smallest absolute Gasteiger partial charge is 0.229 e. The van der Waals surface area contributed by atoms with Crippen molar-refractivity contribution in [2.75, 3.05) is 39.3 Å². The Kier molecular flexibility index (Phi) is 5.04. The minimum absolute atomic E-state index is 0.154. The maximum atomic E-state index is 13.1. The van der Waals surface area contributed by atoms with E-state index in [1.165, 1.54) is 5.56 Å². The van der Waals surface area contributed by atoms with Gasteiger partial charge < -0.3 is 20.2 Å². The molecule has 1 unspecified atom stereocenters. The topological polar surface area (TPSA) is 55.8 Å². The fraction of sp³-hybridized carbons (Fsp3) is 0.667. The standard InChI is InChI=1S/C21H31N3O2/c25-19-20(10-14-24(19)15-18-5-2-1-3-6-18)8-12-23(13-9-20)17-21(26)7-4-11-22-16-21/h1-3,5-6,22,26H,4,7-17H2. The summed E-state index contributed by atoms with van der Waals surface area (Å²) in [6.07, 6.45) is 4.77. The van der Waals surface area contributed by atoms with Gasteiger partial charge in [-0.05, 0) is 57.3 Å². The van der Waals surface area contributed by atoms with Crippen LogP contribution >= 0.6 is 0 Å². The van der Waals surface area contributed by atoms with E-state index in [9.17, 15) is 9.90 Å². The fourth-order valence-electron chi connectivity index (χ4n) is 4.95. The predicted octanol–water partition coefficient (Wildman–Crippen LogP) is 1.62. The number of nitrogens with zero attached hydrogens (tertiary/aromatic N) is 2. The highest BCUT2D eigenvalue weighted by molar-refractivity contribution is 5.85. The van der Waals surface area contributed by atoms with E-state index in [0.717, 1.165) is 71.4 Å². The third-order valence-electron chi connectivity index (χ3n) is 6.60. The molecule has 1 amide bonds. The Balaban J connectivity index is 1.33. The number of rotatable bonds is 4. The van der Waals surface area contributed by atoms with E-state index in [4.69, 9.17) is 0 Å². The first-order chi connectivity index (χ1) is 12.6. The second-order valence-corrected chi connectivity index (χ2v) is 8.52. The first-order valence-electron chi connectivity index (χ1n) is 10.1. The third-order valence-corrected chi connectivity index (χ3v) is 6.60.